The Balaban J connectivity index is 1.14. The second-order valence-electron chi connectivity index (χ2n) is 30.1. The summed E-state index contributed by atoms with van der Waals surface area (Å²) in [4.78, 5) is 8.06. The molecule has 2 unspecified atom stereocenters. The standard InChI is InChI=1S/C77H80BN3S/c1-71(2,3)49-29-32-63(54(39-49)48-23-17-14-18-24-48)81-64-45-58-57(73(6,7)33-34-74(58,8)9)44-62(64)78-68-65(41-53(42-66(68)81)79(50-25-19-15-20-26-50)51-27-21-16-22-28-51)80-52-30-31-56-60(40-52)76(12,37-35-72(56,4)5)47-77(13)38-36-75(10,11)59-46-67-55(43-61(59)77)69(80)70(78)82-67/h14-32,39-46H,33-38,47H2,1-13H3. The second-order valence-corrected chi connectivity index (χ2v) is 31.2. The highest BCUT2D eigenvalue weighted by Gasteiger charge is 2.52. The van der Waals surface area contributed by atoms with E-state index in [0.717, 1.165) is 36.3 Å². The first kappa shape index (κ1) is 52.0. The van der Waals surface area contributed by atoms with Crippen LogP contribution in [0, 0.1) is 0 Å². The Morgan fingerprint density at radius 2 is 0.988 bits per heavy atom. The number of hydrogen-bond acceptors (Lipinski definition) is 4. The van der Waals surface area contributed by atoms with E-state index in [1.807, 2.05) is 0 Å². The molecule has 3 nitrogen and oxygen atoms in total. The normalized spacial score (nSPS) is 21.8. The van der Waals surface area contributed by atoms with E-state index in [4.69, 9.17) is 0 Å². The molecule has 15 rings (SSSR count). The Bertz CT molecular complexity index is 4080. The topological polar surface area (TPSA) is 9.72 Å². The number of fused-ring (bicyclic) bond motifs is 7. The lowest BCUT2D eigenvalue weighted by Crippen LogP contribution is -2.61. The molecule has 8 aromatic carbocycles. The van der Waals surface area contributed by atoms with Crippen LogP contribution in [0.4, 0.5) is 51.2 Å². The molecule has 2 atom stereocenters. The molecule has 412 valence electrons. The summed E-state index contributed by atoms with van der Waals surface area (Å²) in [6.07, 6.45) is 8.18. The molecule has 0 radical (unpaired) electrons. The smallest absolute Gasteiger partial charge is 0.264 e. The zero-order chi connectivity index (χ0) is 56.8. The first-order valence-corrected chi connectivity index (χ1v) is 31.6. The van der Waals surface area contributed by atoms with Gasteiger partial charge in [-0.05, 0) is 217 Å². The largest absolute Gasteiger partial charge is 0.311 e. The highest BCUT2D eigenvalue weighted by atomic mass is 32.1. The van der Waals surface area contributed by atoms with Crippen LogP contribution < -0.4 is 30.4 Å². The summed E-state index contributed by atoms with van der Waals surface area (Å²) in [5.41, 5.74) is 26.9. The average molecular weight is 1090 g/mol. The molecule has 3 aliphatic carbocycles. The van der Waals surface area contributed by atoms with E-state index in [9.17, 15) is 0 Å². The van der Waals surface area contributed by atoms with Crippen LogP contribution in [0.25, 0.3) is 21.2 Å². The minimum atomic E-state index is -0.0574. The Morgan fingerprint density at radius 1 is 0.451 bits per heavy atom. The second kappa shape index (κ2) is 17.4. The lowest BCUT2D eigenvalue weighted by atomic mass is 9.35. The highest BCUT2D eigenvalue weighted by Crippen LogP contribution is 2.61. The molecule has 0 fully saturated rings. The number of rotatable bonds is 5. The molecule has 3 aliphatic heterocycles. The predicted molar refractivity (Wildman–Crippen MR) is 354 cm³/mol. The van der Waals surface area contributed by atoms with E-state index in [-0.39, 0.29) is 44.6 Å². The van der Waals surface area contributed by atoms with E-state index >= 15 is 0 Å². The van der Waals surface area contributed by atoms with Crippen molar-refractivity contribution in [2.75, 3.05) is 14.7 Å². The van der Waals surface area contributed by atoms with Gasteiger partial charge in [0, 0.05) is 54.6 Å². The summed E-state index contributed by atoms with van der Waals surface area (Å²) in [7, 11) is 0. The van der Waals surface area contributed by atoms with Gasteiger partial charge in [-0.2, -0.15) is 0 Å². The first-order chi connectivity index (χ1) is 38.9. The number of nitrogens with zero attached hydrogens (tertiary/aromatic N) is 3. The summed E-state index contributed by atoms with van der Waals surface area (Å²) >= 11 is 2.09. The summed E-state index contributed by atoms with van der Waals surface area (Å²) < 4.78 is 2.87. The van der Waals surface area contributed by atoms with E-state index in [2.05, 4.69) is 280 Å². The van der Waals surface area contributed by atoms with E-state index in [1.54, 1.807) is 16.7 Å². The van der Waals surface area contributed by atoms with Crippen molar-refractivity contribution in [2.24, 2.45) is 0 Å². The lowest BCUT2D eigenvalue weighted by Gasteiger charge is -2.51. The van der Waals surface area contributed by atoms with Crippen LogP contribution in [0.15, 0.2) is 164 Å². The molecule has 6 aliphatic rings. The predicted octanol–water partition coefficient (Wildman–Crippen LogP) is 19.8. The molecule has 0 amide bonds. The fraction of sp³-hybridized carbons (Fsp3) is 0.351. The number of benzene rings is 8. The third-order valence-corrected chi connectivity index (χ3v) is 22.8. The SMILES string of the molecule is CC(C)(C)c1ccc(N2c3cc4c(cc3B3c5sc6cc7c8cc6c5N(c5ccc6c(c5)C(C)(CCC6(C)C)CC8(C)CCC7(C)C)c5cc(N(c6ccccc6)c6ccccc6)cc2c53)C(C)(C)CCC4(C)C)c(-c2ccccc2)c1. The number of para-hydroxylation sites is 2. The molecule has 1 aromatic heterocycles. The Labute approximate surface area is 493 Å². The summed E-state index contributed by atoms with van der Waals surface area (Å²) in [6.45, 7) is 32.5. The molecule has 82 heavy (non-hydrogen) atoms. The maximum Gasteiger partial charge on any atom is 0.264 e. The zero-order valence-corrected chi connectivity index (χ0v) is 51.7. The van der Waals surface area contributed by atoms with Crippen LogP contribution in [0.2, 0.25) is 0 Å². The third-order valence-electron chi connectivity index (χ3n) is 21.6. The van der Waals surface area contributed by atoms with Gasteiger partial charge in [0.05, 0.1) is 17.1 Å². The van der Waals surface area contributed by atoms with Crippen molar-refractivity contribution in [3.05, 3.63) is 203 Å². The van der Waals surface area contributed by atoms with Crippen molar-refractivity contribution < 1.29 is 0 Å². The Morgan fingerprint density at radius 3 is 1.60 bits per heavy atom. The van der Waals surface area contributed by atoms with Gasteiger partial charge in [-0.25, -0.2) is 0 Å². The molecular weight excluding hydrogens is 1010 g/mol. The average Bonchev–Trinajstić information content (AvgIpc) is 1.66. The van der Waals surface area contributed by atoms with Gasteiger partial charge in [-0.1, -0.05) is 175 Å². The number of anilines is 9. The van der Waals surface area contributed by atoms with Gasteiger partial charge in [0.15, 0.2) is 0 Å². The summed E-state index contributed by atoms with van der Waals surface area (Å²) in [5, 5.41) is 1.40. The van der Waals surface area contributed by atoms with Crippen molar-refractivity contribution in [1.82, 2.24) is 0 Å². The van der Waals surface area contributed by atoms with Crippen LogP contribution in [0.1, 0.15) is 174 Å². The minimum Gasteiger partial charge on any atom is -0.311 e. The fourth-order valence-corrected chi connectivity index (χ4v) is 18.0. The fourth-order valence-electron chi connectivity index (χ4n) is 16.6. The molecule has 4 heterocycles. The molecule has 0 N–H and O–H groups in total. The molecular formula is C77H80BN3S. The Kier molecular flexibility index (Phi) is 11.0. The first-order valence-electron chi connectivity index (χ1n) is 30.8. The van der Waals surface area contributed by atoms with E-state index in [0.29, 0.717) is 0 Å². The van der Waals surface area contributed by atoms with Gasteiger partial charge < -0.3 is 14.7 Å². The summed E-state index contributed by atoms with van der Waals surface area (Å²) in [6, 6.07) is 64.7. The van der Waals surface area contributed by atoms with Crippen molar-refractivity contribution in [3.63, 3.8) is 0 Å². The van der Waals surface area contributed by atoms with Gasteiger partial charge in [-0.3, -0.25) is 0 Å². The number of hydrogen-bond donors (Lipinski definition) is 0. The molecule has 0 spiro atoms. The van der Waals surface area contributed by atoms with E-state index in [1.165, 1.54) is 119 Å². The summed E-state index contributed by atoms with van der Waals surface area (Å²) in [5.74, 6) is 0. The van der Waals surface area contributed by atoms with Gasteiger partial charge in [0.1, 0.15) is 0 Å². The van der Waals surface area contributed by atoms with Crippen LogP contribution in [0.5, 0.6) is 0 Å². The van der Waals surface area contributed by atoms with Crippen LogP contribution >= 0.6 is 11.3 Å². The maximum absolute atomic E-state index is 2.79. The van der Waals surface area contributed by atoms with Crippen LogP contribution in [-0.2, 0) is 37.9 Å². The van der Waals surface area contributed by atoms with Gasteiger partial charge in [0.25, 0.3) is 6.71 Å². The maximum atomic E-state index is 2.79. The molecule has 0 saturated carbocycles. The van der Waals surface area contributed by atoms with Gasteiger partial charge in [0.2, 0.25) is 0 Å². The van der Waals surface area contributed by atoms with Gasteiger partial charge >= 0.3 is 0 Å². The zero-order valence-electron chi connectivity index (χ0n) is 50.9. The monoisotopic (exact) mass is 1090 g/mol. The van der Waals surface area contributed by atoms with Crippen LogP contribution in [-0.4, -0.2) is 6.71 Å². The lowest BCUT2D eigenvalue weighted by molar-refractivity contribution is 0.208. The molecule has 0 saturated heterocycles. The molecule has 9 aromatic rings. The minimum absolute atomic E-state index is 0.00466. The Hall–Kier alpha value is -6.82. The van der Waals surface area contributed by atoms with Gasteiger partial charge in [-0.15, -0.1) is 11.3 Å². The number of thiophene rings is 1. The van der Waals surface area contributed by atoms with Crippen molar-refractivity contribution in [3.8, 4) is 11.1 Å². The van der Waals surface area contributed by atoms with Crippen LogP contribution in [0.3, 0.4) is 0 Å². The van der Waals surface area contributed by atoms with E-state index < -0.39 is 0 Å². The highest BCUT2D eigenvalue weighted by molar-refractivity contribution is 7.33. The third kappa shape index (κ3) is 7.59. The quantitative estimate of drug-likeness (QED) is 0.159. The molecule has 5 heteroatoms. The van der Waals surface area contributed by atoms with Crippen molar-refractivity contribution in [1.29, 1.82) is 0 Å². The van der Waals surface area contributed by atoms with Crippen molar-refractivity contribution >= 4 is 95.0 Å². The molecule has 4 bridgehead atoms. The van der Waals surface area contributed by atoms with Crippen molar-refractivity contribution in [2.45, 2.75) is 173 Å².